The van der Waals surface area contributed by atoms with Crippen molar-refractivity contribution in [3.05, 3.63) is 12.3 Å². The third kappa shape index (κ3) is 7.11. The van der Waals surface area contributed by atoms with Crippen molar-refractivity contribution in [1.82, 2.24) is 0 Å². The van der Waals surface area contributed by atoms with Crippen LogP contribution in [0.25, 0.3) is 0 Å². The van der Waals surface area contributed by atoms with E-state index in [1.165, 1.54) is 0 Å². The Kier molecular flexibility index (Phi) is 17.1. The van der Waals surface area contributed by atoms with Gasteiger partial charge >= 0.3 is 38.4 Å². The normalized spacial score (nSPS) is 9.93. The van der Waals surface area contributed by atoms with Gasteiger partial charge in [-0.3, -0.25) is 0 Å². The van der Waals surface area contributed by atoms with E-state index in [1.807, 2.05) is 20.8 Å². The van der Waals surface area contributed by atoms with Crippen molar-refractivity contribution < 1.29 is 47.5 Å². The van der Waals surface area contributed by atoms with Crippen molar-refractivity contribution in [2.45, 2.75) is 20.8 Å². The molecule has 0 radical (unpaired) electrons. The van der Waals surface area contributed by atoms with Crippen LogP contribution in [0.2, 0.25) is 0 Å². The molecule has 0 saturated heterocycles. The Balaban J connectivity index is -0.000000605. The van der Waals surface area contributed by atoms with E-state index in [0.29, 0.717) is 19.8 Å². The molecule has 0 amide bonds. The molecule has 0 aromatic rings. The first-order valence-electron chi connectivity index (χ1n) is 4.30. The first-order valence-corrected chi connectivity index (χ1v) is 6.10. The predicted octanol–water partition coefficient (Wildman–Crippen LogP) is -4.23. The van der Waals surface area contributed by atoms with E-state index in [2.05, 4.69) is 6.58 Å². The first kappa shape index (κ1) is 20.2. The van der Waals surface area contributed by atoms with Crippen LogP contribution >= 0.6 is 0 Å². The van der Waals surface area contributed by atoms with Gasteiger partial charge in [0.1, 0.15) is 0 Å². The molecule has 0 heterocycles. The maximum absolute atomic E-state index is 5.44. The van der Waals surface area contributed by atoms with Crippen molar-refractivity contribution >= 4 is 8.80 Å². The van der Waals surface area contributed by atoms with Crippen molar-refractivity contribution in [1.29, 1.82) is 0 Å². The molecule has 0 aromatic heterocycles. The summed E-state index contributed by atoms with van der Waals surface area (Å²) < 4.78 is 16.3. The molecule has 0 spiro atoms. The monoisotopic (exact) mass is 232 g/mol. The number of hydrogen-bond donors (Lipinski definition) is 0. The van der Waals surface area contributed by atoms with Gasteiger partial charge < -0.3 is 18.0 Å². The third-order valence-corrected chi connectivity index (χ3v) is 3.86. The number of halogens is 1. The Morgan fingerprint density at radius 2 is 1.29 bits per heavy atom. The second-order valence-electron chi connectivity index (χ2n) is 2.11. The zero-order valence-electron chi connectivity index (χ0n) is 9.51. The van der Waals surface area contributed by atoms with Crippen LogP contribution in [0.4, 0.5) is 0 Å². The summed E-state index contributed by atoms with van der Waals surface area (Å²) in [5.74, 6) is 0. The molecule has 0 aliphatic heterocycles. The number of hydrogen-bond acceptors (Lipinski definition) is 3. The van der Waals surface area contributed by atoms with Crippen LogP contribution in [0.3, 0.4) is 0 Å². The van der Waals surface area contributed by atoms with Crippen molar-refractivity contribution in [2.24, 2.45) is 0 Å². The second-order valence-corrected chi connectivity index (χ2v) is 4.59. The smallest absolute Gasteiger partial charge is 1.00 e. The van der Waals surface area contributed by atoms with Crippen LogP contribution in [-0.4, -0.2) is 28.6 Å². The fourth-order valence-corrected chi connectivity index (χ4v) is 2.72. The molecule has 0 unspecified atom stereocenters. The van der Waals surface area contributed by atoms with Gasteiger partial charge in [0.05, 0.1) is 0 Å². The summed E-state index contributed by atoms with van der Waals surface area (Å²) in [6.07, 6.45) is 0. The summed E-state index contributed by atoms with van der Waals surface area (Å²) in [7, 11) is -2.51. The van der Waals surface area contributed by atoms with Gasteiger partial charge in [-0.1, -0.05) is 6.58 Å². The fraction of sp³-hybridized carbons (Fsp3) is 0.750. The molecule has 0 N–H and O–H groups in total. The largest absolute Gasteiger partial charge is 1.00 e. The summed E-state index contributed by atoms with van der Waals surface area (Å²) >= 11 is 0. The van der Waals surface area contributed by atoms with Gasteiger partial charge in [-0.2, -0.15) is 0 Å². The van der Waals surface area contributed by atoms with Gasteiger partial charge in [0.2, 0.25) is 0 Å². The molecule has 6 heteroatoms. The van der Waals surface area contributed by atoms with Crippen LogP contribution in [-0.2, 0) is 13.3 Å². The van der Waals surface area contributed by atoms with Crippen molar-refractivity contribution in [3.8, 4) is 0 Å². The summed E-state index contributed by atoms with van der Waals surface area (Å²) in [6.45, 7) is 11.2. The molecule has 0 fully saturated rings. The van der Waals surface area contributed by atoms with Gasteiger partial charge in [0.15, 0.2) is 0 Å². The molecular formula is C8H18FNaO3Si. The average molecular weight is 232 g/mol. The van der Waals surface area contributed by atoms with E-state index >= 15 is 0 Å². The molecule has 14 heavy (non-hydrogen) atoms. The molecule has 0 rings (SSSR count). The Morgan fingerprint density at radius 1 is 1.00 bits per heavy atom. The zero-order valence-corrected chi connectivity index (χ0v) is 12.5. The molecule has 0 aromatic carbocycles. The molecule has 0 aliphatic carbocycles. The van der Waals surface area contributed by atoms with Crippen LogP contribution in [0, 0.1) is 0 Å². The summed E-state index contributed by atoms with van der Waals surface area (Å²) in [4.78, 5) is 0. The second kappa shape index (κ2) is 11.8. The molecular weight excluding hydrogens is 214 g/mol. The minimum atomic E-state index is -2.51. The van der Waals surface area contributed by atoms with E-state index in [9.17, 15) is 0 Å². The fourth-order valence-electron chi connectivity index (χ4n) is 0.905. The summed E-state index contributed by atoms with van der Waals surface area (Å²) in [5.41, 5.74) is 1.67. The first-order chi connectivity index (χ1) is 5.74. The third-order valence-electron chi connectivity index (χ3n) is 1.29. The summed E-state index contributed by atoms with van der Waals surface area (Å²) in [6, 6.07) is 0. The quantitative estimate of drug-likeness (QED) is 0.416. The van der Waals surface area contributed by atoms with Gasteiger partial charge in [0, 0.05) is 19.8 Å². The molecule has 3 nitrogen and oxygen atoms in total. The van der Waals surface area contributed by atoms with Crippen molar-refractivity contribution in [2.75, 3.05) is 19.8 Å². The van der Waals surface area contributed by atoms with E-state index < -0.39 is 8.80 Å². The zero-order chi connectivity index (χ0) is 9.45. The topological polar surface area (TPSA) is 27.7 Å². The summed E-state index contributed by atoms with van der Waals surface area (Å²) in [5, 5.41) is 0. The van der Waals surface area contributed by atoms with Crippen LogP contribution in [0.15, 0.2) is 12.3 Å². The standard InChI is InChI=1S/C8H18O3Si.FH.Na/c1-5-9-12(8-4,10-6-2)11-7-3;;/h8H,4-7H2,1-3H3;1H;/q;;+1/p-1. The van der Waals surface area contributed by atoms with Gasteiger partial charge in [-0.25, -0.2) is 0 Å². The maximum atomic E-state index is 5.44. The van der Waals surface area contributed by atoms with Gasteiger partial charge in [-0.15, -0.1) is 0 Å². The molecule has 0 atom stereocenters. The van der Waals surface area contributed by atoms with Crippen LogP contribution in [0.5, 0.6) is 0 Å². The Bertz CT molecular complexity index is 121. The molecule has 0 bridgehead atoms. The van der Waals surface area contributed by atoms with Crippen LogP contribution < -0.4 is 34.3 Å². The molecule has 80 valence electrons. The van der Waals surface area contributed by atoms with E-state index in [-0.39, 0.29) is 34.3 Å². The Hall–Kier alpha value is 0.767. The van der Waals surface area contributed by atoms with Gasteiger partial charge in [-0.05, 0) is 26.5 Å². The SMILES string of the molecule is C=C[Si](OCC)(OCC)OCC.[F-].[Na+]. The van der Waals surface area contributed by atoms with E-state index in [4.69, 9.17) is 13.3 Å². The molecule has 0 saturated carbocycles. The average Bonchev–Trinajstić information content (AvgIpc) is 2.06. The minimum absolute atomic E-state index is 0. The Labute approximate surface area is 109 Å². The minimum Gasteiger partial charge on any atom is -1.00 e. The molecule has 0 aliphatic rings. The Morgan fingerprint density at radius 3 is 1.43 bits per heavy atom. The van der Waals surface area contributed by atoms with Crippen LogP contribution in [0.1, 0.15) is 20.8 Å². The van der Waals surface area contributed by atoms with E-state index in [0.717, 1.165) is 0 Å². The van der Waals surface area contributed by atoms with E-state index in [1.54, 1.807) is 5.70 Å². The predicted molar refractivity (Wildman–Crippen MR) is 50.8 cm³/mol. The maximum Gasteiger partial charge on any atom is 1.00 e. The number of rotatable bonds is 7. The van der Waals surface area contributed by atoms with Gasteiger partial charge in [0.25, 0.3) is 0 Å². The van der Waals surface area contributed by atoms with Crippen molar-refractivity contribution in [3.63, 3.8) is 0 Å².